The fourth-order valence-corrected chi connectivity index (χ4v) is 3.54. The molecule has 3 rings (SSSR count). The van der Waals surface area contributed by atoms with Crippen molar-refractivity contribution in [1.29, 1.82) is 0 Å². The molecule has 1 fully saturated rings. The van der Waals surface area contributed by atoms with Crippen molar-refractivity contribution in [2.75, 3.05) is 13.1 Å². The number of halogens is 2. The molecular weight excluding hydrogens is 383 g/mol. The zero-order valence-corrected chi connectivity index (χ0v) is 17.4. The molecule has 0 aliphatic carbocycles. The molecule has 1 aliphatic heterocycles. The topological polar surface area (TPSA) is 64.2 Å². The summed E-state index contributed by atoms with van der Waals surface area (Å²) in [7, 11) is 0. The fraction of sp³-hybridized carbons (Fsp3) is 0.500. The van der Waals surface area contributed by atoms with Crippen molar-refractivity contribution in [1.82, 2.24) is 14.5 Å². The predicted octanol–water partition coefficient (Wildman–Crippen LogP) is 3.29. The maximum Gasteiger partial charge on any atom is 0.239 e. The number of nitrogens with two attached hydrogens (primary N) is 1. The van der Waals surface area contributed by atoms with Crippen molar-refractivity contribution in [3.8, 4) is 0 Å². The van der Waals surface area contributed by atoms with Gasteiger partial charge in [-0.15, -0.1) is 24.8 Å². The normalized spacial score (nSPS) is 17.6. The lowest BCUT2D eigenvalue weighted by Crippen LogP contribution is -2.48. The van der Waals surface area contributed by atoms with Crippen LogP contribution in [0.15, 0.2) is 42.9 Å². The highest BCUT2D eigenvalue weighted by molar-refractivity contribution is 5.85. The zero-order chi connectivity index (χ0) is 17.6. The summed E-state index contributed by atoms with van der Waals surface area (Å²) in [5.74, 6) is 0.686. The molecule has 1 unspecified atom stereocenters. The molecule has 2 heterocycles. The Hall–Kier alpha value is -1.56. The van der Waals surface area contributed by atoms with E-state index in [1.54, 1.807) is 0 Å². The molecule has 2 aromatic rings. The van der Waals surface area contributed by atoms with Crippen molar-refractivity contribution in [3.63, 3.8) is 0 Å². The first-order chi connectivity index (χ1) is 12.2. The second-order valence-corrected chi connectivity index (χ2v) is 7.03. The molecule has 1 saturated heterocycles. The van der Waals surface area contributed by atoms with Gasteiger partial charge in [0.15, 0.2) is 0 Å². The average molecular weight is 413 g/mol. The van der Waals surface area contributed by atoms with Gasteiger partial charge in [-0.05, 0) is 24.3 Å². The molecule has 0 radical (unpaired) electrons. The van der Waals surface area contributed by atoms with E-state index >= 15 is 0 Å². The van der Waals surface area contributed by atoms with Crippen LogP contribution in [0.3, 0.4) is 0 Å². The summed E-state index contributed by atoms with van der Waals surface area (Å²) in [6, 6.07) is 9.76. The Kier molecular flexibility index (Phi) is 9.84. The third-order valence-electron chi connectivity index (χ3n) is 5.05. The minimum absolute atomic E-state index is 0. The summed E-state index contributed by atoms with van der Waals surface area (Å²) in [5.41, 5.74) is 8.29. The van der Waals surface area contributed by atoms with Crippen LogP contribution < -0.4 is 5.73 Å². The first-order valence-corrected chi connectivity index (χ1v) is 9.24. The summed E-state index contributed by atoms with van der Waals surface area (Å²) in [5, 5.41) is 0. The van der Waals surface area contributed by atoms with E-state index in [1.165, 1.54) is 12.0 Å². The van der Waals surface area contributed by atoms with Gasteiger partial charge in [0.2, 0.25) is 5.91 Å². The minimum atomic E-state index is -0.504. The molecule has 1 aliphatic rings. The summed E-state index contributed by atoms with van der Waals surface area (Å²) in [6.45, 7) is 4.66. The highest BCUT2D eigenvalue weighted by atomic mass is 35.5. The predicted molar refractivity (Wildman–Crippen MR) is 114 cm³/mol. The highest BCUT2D eigenvalue weighted by Crippen LogP contribution is 2.20. The standard InChI is InChI=1S/C20H28N4O.2ClH/c1-2-16-9-6-10-24(13-16)20(25)19(21)11-18-14-23(15-22-18)12-17-7-4-3-5-8-17;;/h3-5,7-8,14-16,19H,2,6,9-13,21H2,1H3;2*1H/t16?,19-;;/m0../s1. The van der Waals surface area contributed by atoms with E-state index < -0.39 is 6.04 Å². The van der Waals surface area contributed by atoms with E-state index in [0.29, 0.717) is 12.3 Å². The molecule has 150 valence electrons. The summed E-state index contributed by atoms with van der Waals surface area (Å²) in [4.78, 5) is 19.0. The van der Waals surface area contributed by atoms with Crippen molar-refractivity contribution in [2.45, 2.75) is 45.2 Å². The Balaban J connectivity index is 0.00000182. The molecule has 0 saturated carbocycles. The van der Waals surface area contributed by atoms with E-state index in [0.717, 1.165) is 38.2 Å². The van der Waals surface area contributed by atoms with Crippen LogP contribution in [0.25, 0.3) is 0 Å². The molecule has 5 nitrogen and oxygen atoms in total. The van der Waals surface area contributed by atoms with Crippen LogP contribution in [0.2, 0.25) is 0 Å². The van der Waals surface area contributed by atoms with Gasteiger partial charge >= 0.3 is 0 Å². The molecule has 0 bridgehead atoms. The molecule has 1 amide bonds. The number of carbonyl (C=O) groups excluding carboxylic acids is 1. The van der Waals surface area contributed by atoms with E-state index in [2.05, 4.69) is 24.0 Å². The van der Waals surface area contributed by atoms with Crippen LogP contribution in [0.1, 0.15) is 37.4 Å². The monoisotopic (exact) mass is 412 g/mol. The second-order valence-electron chi connectivity index (χ2n) is 7.03. The maximum absolute atomic E-state index is 12.6. The van der Waals surface area contributed by atoms with Gasteiger partial charge in [0.05, 0.1) is 18.1 Å². The Labute approximate surface area is 174 Å². The first kappa shape index (κ1) is 23.5. The lowest BCUT2D eigenvalue weighted by molar-refractivity contribution is -0.134. The number of hydrogen-bond acceptors (Lipinski definition) is 3. The number of imidazole rings is 1. The number of likely N-dealkylation sites (tertiary alicyclic amines) is 1. The molecular formula is C20H30Cl2N4O. The Bertz CT molecular complexity index is 692. The average Bonchev–Trinajstić information content (AvgIpc) is 3.08. The molecule has 2 N–H and O–H groups in total. The fourth-order valence-electron chi connectivity index (χ4n) is 3.54. The number of aromatic nitrogens is 2. The van der Waals surface area contributed by atoms with E-state index in [4.69, 9.17) is 5.73 Å². The number of hydrogen-bond donors (Lipinski definition) is 1. The number of amides is 1. The maximum atomic E-state index is 12.6. The highest BCUT2D eigenvalue weighted by Gasteiger charge is 2.26. The smallest absolute Gasteiger partial charge is 0.239 e. The number of carbonyl (C=O) groups is 1. The molecule has 0 spiro atoms. The van der Waals surface area contributed by atoms with Gasteiger partial charge in [0.25, 0.3) is 0 Å². The van der Waals surface area contributed by atoms with Gasteiger partial charge in [0, 0.05) is 32.3 Å². The van der Waals surface area contributed by atoms with Gasteiger partial charge in [-0.3, -0.25) is 4.79 Å². The Morgan fingerprint density at radius 1 is 1.30 bits per heavy atom. The second kappa shape index (κ2) is 11.3. The molecule has 2 atom stereocenters. The van der Waals surface area contributed by atoms with Crippen molar-refractivity contribution >= 4 is 30.7 Å². The summed E-state index contributed by atoms with van der Waals surface area (Å²) < 4.78 is 2.04. The van der Waals surface area contributed by atoms with Crippen molar-refractivity contribution < 1.29 is 4.79 Å². The first-order valence-electron chi connectivity index (χ1n) is 9.24. The van der Waals surface area contributed by atoms with E-state index in [-0.39, 0.29) is 30.7 Å². The number of piperidine rings is 1. The van der Waals surface area contributed by atoms with Gasteiger partial charge < -0.3 is 15.2 Å². The van der Waals surface area contributed by atoms with Crippen LogP contribution in [0.4, 0.5) is 0 Å². The van der Waals surface area contributed by atoms with Crippen LogP contribution in [-0.4, -0.2) is 39.5 Å². The third-order valence-corrected chi connectivity index (χ3v) is 5.05. The number of nitrogens with zero attached hydrogens (tertiary/aromatic N) is 3. The quantitative estimate of drug-likeness (QED) is 0.791. The van der Waals surface area contributed by atoms with Crippen molar-refractivity contribution in [3.05, 3.63) is 54.1 Å². The van der Waals surface area contributed by atoms with E-state index in [1.807, 2.05) is 40.2 Å². The van der Waals surface area contributed by atoms with Crippen LogP contribution in [0, 0.1) is 5.92 Å². The molecule has 27 heavy (non-hydrogen) atoms. The van der Waals surface area contributed by atoms with Gasteiger partial charge in [-0.25, -0.2) is 4.98 Å². The molecule has 1 aromatic heterocycles. The lowest BCUT2D eigenvalue weighted by atomic mass is 9.95. The SMILES string of the molecule is CCC1CCCN(C(=O)[C@@H](N)Cc2cn(Cc3ccccc3)cn2)C1.Cl.Cl. The van der Waals surface area contributed by atoms with Crippen LogP contribution >= 0.6 is 24.8 Å². The zero-order valence-electron chi connectivity index (χ0n) is 15.8. The number of benzene rings is 1. The van der Waals surface area contributed by atoms with E-state index in [9.17, 15) is 4.79 Å². The largest absolute Gasteiger partial charge is 0.341 e. The Morgan fingerprint density at radius 2 is 2.04 bits per heavy atom. The van der Waals surface area contributed by atoms with Gasteiger partial charge in [-0.2, -0.15) is 0 Å². The Morgan fingerprint density at radius 3 is 2.74 bits per heavy atom. The summed E-state index contributed by atoms with van der Waals surface area (Å²) in [6.07, 6.45) is 7.73. The lowest BCUT2D eigenvalue weighted by Gasteiger charge is -2.33. The van der Waals surface area contributed by atoms with Gasteiger partial charge in [-0.1, -0.05) is 43.7 Å². The van der Waals surface area contributed by atoms with Crippen molar-refractivity contribution in [2.24, 2.45) is 11.7 Å². The molecule has 7 heteroatoms. The minimum Gasteiger partial charge on any atom is -0.341 e. The number of rotatable bonds is 6. The summed E-state index contributed by atoms with van der Waals surface area (Å²) >= 11 is 0. The third kappa shape index (κ3) is 6.52. The van der Waals surface area contributed by atoms with Crippen LogP contribution in [0.5, 0.6) is 0 Å². The molecule has 1 aromatic carbocycles. The van der Waals surface area contributed by atoms with Gasteiger partial charge in [0.1, 0.15) is 0 Å². The van der Waals surface area contributed by atoms with Crippen LogP contribution in [-0.2, 0) is 17.8 Å².